The highest BCUT2D eigenvalue weighted by atomic mass is 16.7. The highest BCUT2D eigenvalue weighted by Gasteiger charge is 2.18. The van der Waals surface area contributed by atoms with Gasteiger partial charge in [0.05, 0.1) is 6.61 Å². The van der Waals surface area contributed by atoms with E-state index in [0.29, 0.717) is 6.61 Å². The monoisotopic (exact) mass is 418 g/mol. The molecule has 0 fully saturated rings. The van der Waals surface area contributed by atoms with Crippen molar-refractivity contribution in [1.82, 2.24) is 0 Å². The van der Waals surface area contributed by atoms with Crippen LogP contribution < -0.4 is 4.74 Å². The van der Waals surface area contributed by atoms with Crippen LogP contribution in [-0.2, 0) is 11.3 Å². The van der Waals surface area contributed by atoms with E-state index in [2.05, 4.69) is 85.9 Å². The third kappa shape index (κ3) is 12.0. The smallest absolute Gasteiger partial charge is 0.200 e. The van der Waals surface area contributed by atoms with Crippen LogP contribution in [-0.4, -0.2) is 6.29 Å². The van der Waals surface area contributed by atoms with Crippen molar-refractivity contribution < 1.29 is 9.47 Å². The maximum atomic E-state index is 5.88. The zero-order valence-electron chi connectivity index (χ0n) is 19.0. The highest BCUT2D eigenvalue weighted by molar-refractivity contribution is 5.33. The van der Waals surface area contributed by atoms with Gasteiger partial charge in [-0.3, -0.25) is 0 Å². The third-order valence-electron chi connectivity index (χ3n) is 4.82. The van der Waals surface area contributed by atoms with E-state index in [4.69, 9.17) is 9.47 Å². The van der Waals surface area contributed by atoms with Gasteiger partial charge in [0, 0.05) is 12.0 Å². The van der Waals surface area contributed by atoms with Crippen molar-refractivity contribution in [3.05, 3.63) is 103 Å². The first kappa shape index (κ1) is 24.7. The lowest BCUT2D eigenvalue weighted by Gasteiger charge is -2.25. The van der Waals surface area contributed by atoms with Gasteiger partial charge in [-0.2, -0.15) is 0 Å². The minimum absolute atomic E-state index is 0.131. The fourth-order valence-corrected chi connectivity index (χ4v) is 3.11. The summed E-state index contributed by atoms with van der Waals surface area (Å²) in [6, 6.07) is 8.09. The topological polar surface area (TPSA) is 18.5 Å². The summed E-state index contributed by atoms with van der Waals surface area (Å²) in [7, 11) is 0. The molecule has 1 aromatic rings. The second kappa shape index (κ2) is 17.1. The molecule has 0 saturated carbocycles. The molecule has 1 atom stereocenters. The molecule has 1 aromatic carbocycles. The SMILES string of the molecule is CCC=CCC=CCC=CCC=CCC=CCC=CCCC1OCc2ccccc2O1. The minimum atomic E-state index is -0.131. The number of benzene rings is 1. The molecule has 0 spiro atoms. The first-order chi connectivity index (χ1) is 15.4. The van der Waals surface area contributed by atoms with Crippen LogP contribution in [0.15, 0.2) is 97.2 Å². The summed E-state index contributed by atoms with van der Waals surface area (Å²) >= 11 is 0. The van der Waals surface area contributed by atoms with E-state index in [9.17, 15) is 0 Å². The Morgan fingerprint density at radius 2 is 1.23 bits per heavy atom. The average Bonchev–Trinajstić information content (AvgIpc) is 2.80. The molecule has 0 aromatic heterocycles. The Labute approximate surface area is 189 Å². The molecular weight excluding hydrogens is 380 g/mol. The standard InChI is InChI=1S/C29H38O2/c1-2-3-4-5-6-7-8-9-10-11-12-13-14-15-16-17-18-19-20-25-29-30-26-27-23-21-22-24-28(27)31-29/h3-4,6-7,9-10,12-13,15-16,18-19,21-24,29H,2,5,8,11,14,17,20,25-26H2,1H3. The van der Waals surface area contributed by atoms with E-state index < -0.39 is 0 Å². The predicted octanol–water partition coefficient (Wildman–Crippen LogP) is 8.40. The molecule has 0 amide bonds. The van der Waals surface area contributed by atoms with Crippen molar-refractivity contribution in [1.29, 1.82) is 0 Å². The Morgan fingerprint density at radius 1 is 0.710 bits per heavy atom. The molecule has 1 heterocycles. The predicted molar refractivity (Wildman–Crippen MR) is 133 cm³/mol. The van der Waals surface area contributed by atoms with Crippen LogP contribution in [0.2, 0.25) is 0 Å². The third-order valence-corrected chi connectivity index (χ3v) is 4.82. The maximum absolute atomic E-state index is 5.88. The molecule has 1 aliphatic rings. The van der Waals surface area contributed by atoms with Crippen molar-refractivity contribution in [2.24, 2.45) is 0 Å². The van der Waals surface area contributed by atoms with Crippen LogP contribution in [0, 0.1) is 0 Å². The molecule has 2 rings (SSSR count). The van der Waals surface area contributed by atoms with E-state index in [1.807, 2.05) is 18.2 Å². The number of hydrogen-bond donors (Lipinski definition) is 0. The Kier molecular flexibility index (Phi) is 13.6. The lowest BCUT2D eigenvalue weighted by atomic mass is 10.2. The zero-order valence-corrected chi connectivity index (χ0v) is 19.0. The number of hydrogen-bond acceptors (Lipinski definition) is 2. The van der Waals surface area contributed by atoms with Crippen molar-refractivity contribution in [3.8, 4) is 5.75 Å². The van der Waals surface area contributed by atoms with Crippen LogP contribution in [0.3, 0.4) is 0 Å². The average molecular weight is 419 g/mol. The van der Waals surface area contributed by atoms with Crippen molar-refractivity contribution in [2.45, 2.75) is 71.2 Å². The minimum Gasteiger partial charge on any atom is -0.465 e. The number of para-hydroxylation sites is 1. The number of fused-ring (bicyclic) bond motifs is 1. The first-order valence-electron chi connectivity index (χ1n) is 11.7. The van der Waals surface area contributed by atoms with Crippen LogP contribution >= 0.6 is 0 Å². The van der Waals surface area contributed by atoms with Crippen LogP contribution in [0.1, 0.15) is 63.9 Å². The van der Waals surface area contributed by atoms with E-state index >= 15 is 0 Å². The summed E-state index contributed by atoms with van der Waals surface area (Å²) in [4.78, 5) is 0. The molecular formula is C29H38O2. The van der Waals surface area contributed by atoms with Gasteiger partial charge in [0.25, 0.3) is 0 Å². The normalized spacial score (nSPS) is 17.1. The summed E-state index contributed by atoms with van der Waals surface area (Å²) in [5.74, 6) is 0.960. The number of allylic oxidation sites excluding steroid dienone is 12. The Bertz CT molecular complexity index is 765. The Hall–Kier alpha value is -2.58. The number of ether oxygens (including phenoxy) is 2. The summed E-state index contributed by atoms with van der Waals surface area (Å²) in [5, 5.41) is 0. The lowest BCUT2D eigenvalue weighted by Crippen LogP contribution is -2.25. The first-order valence-corrected chi connectivity index (χ1v) is 11.7. The van der Waals surface area contributed by atoms with Gasteiger partial charge in [0.1, 0.15) is 5.75 Å². The van der Waals surface area contributed by atoms with Crippen molar-refractivity contribution >= 4 is 0 Å². The van der Waals surface area contributed by atoms with Crippen LogP contribution in [0.5, 0.6) is 5.75 Å². The van der Waals surface area contributed by atoms with E-state index in [1.54, 1.807) is 0 Å². The second-order valence-corrected chi connectivity index (χ2v) is 7.46. The fraction of sp³-hybridized carbons (Fsp3) is 0.379. The molecule has 2 nitrogen and oxygen atoms in total. The molecule has 0 N–H and O–H groups in total. The summed E-state index contributed by atoms with van der Waals surface area (Å²) < 4.78 is 11.6. The van der Waals surface area contributed by atoms with E-state index in [1.165, 1.54) is 0 Å². The largest absolute Gasteiger partial charge is 0.465 e. The molecule has 166 valence electrons. The molecule has 2 heteroatoms. The Morgan fingerprint density at radius 3 is 1.81 bits per heavy atom. The van der Waals surface area contributed by atoms with Gasteiger partial charge in [-0.15, -0.1) is 0 Å². The lowest BCUT2D eigenvalue weighted by molar-refractivity contribution is -0.110. The van der Waals surface area contributed by atoms with Gasteiger partial charge in [0.15, 0.2) is 6.29 Å². The van der Waals surface area contributed by atoms with Gasteiger partial charge < -0.3 is 9.47 Å². The number of rotatable bonds is 14. The van der Waals surface area contributed by atoms with Gasteiger partial charge >= 0.3 is 0 Å². The summed E-state index contributed by atoms with van der Waals surface area (Å²) in [6.07, 6.45) is 34.5. The maximum Gasteiger partial charge on any atom is 0.200 e. The molecule has 31 heavy (non-hydrogen) atoms. The molecule has 0 aliphatic carbocycles. The second-order valence-electron chi connectivity index (χ2n) is 7.46. The molecule has 0 bridgehead atoms. The van der Waals surface area contributed by atoms with Gasteiger partial charge in [-0.25, -0.2) is 0 Å². The van der Waals surface area contributed by atoms with Gasteiger partial charge in [-0.1, -0.05) is 98.0 Å². The van der Waals surface area contributed by atoms with E-state index in [-0.39, 0.29) is 6.29 Å². The highest BCUT2D eigenvalue weighted by Crippen LogP contribution is 2.26. The fourth-order valence-electron chi connectivity index (χ4n) is 3.11. The van der Waals surface area contributed by atoms with Crippen LogP contribution in [0.25, 0.3) is 0 Å². The molecule has 0 radical (unpaired) electrons. The molecule has 0 saturated heterocycles. The Balaban J connectivity index is 1.44. The summed E-state index contributed by atoms with van der Waals surface area (Å²) in [5.41, 5.74) is 1.13. The molecule has 1 aliphatic heterocycles. The molecule has 1 unspecified atom stereocenters. The van der Waals surface area contributed by atoms with Crippen molar-refractivity contribution in [3.63, 3.8) is 0 Å². The van der Waals surface area contributed by atoms with Crippen LogP contribution in [0.4, 0.5) is 0 Å². The van der Waals surface area contributed by atoms with Gasteiger partial charge in [0.2, 0.25) is 0 Å². The zero-order chi connectivity index (χ0) is 21.8. The summed E-state index contributed by atoms with van der Waals surface area (Å²) in [6.45, 7) is 2.80. The quantitative estimate of drug-likeness (QED) is 0.282. The van der Waals surface area contributed by atoms with Crippen molar-refractivity contribution in [2.75, 3.05) is 0 Å². The van der Waals surface area contributed by atoms with E-state index in [0.717, 1.165) is 62.7 Å². The van der Waals surface area contributed by atoms with Gasteiger partial charge in [-0.05, 0) is 51.0 Å².